The maximum atomic E-state index is 10.9. The van der Waals surface area contributed by atoms with E-state index in [0.29, 0.717) is 5.02 Å². The van der Waals surface area contributed by atoms with Gasteiger partial charge in [-0.15, -0.1) is 12.4 Å². The molecule has 0 aliphatic carbocycles. The van der Waals surface area contributed by atoms with Crippen molar-refractivity contribution in [2.24, 2.45) is 5.73 Å². The number of hydrogen-bond donors (Lipinski definition) is 2. The molecule has 1 heterocycles. The molecule has 0 saturated carbocycles. The Labute approximate surface area is 146 Å². The Kier molecular flexibility index (Phi) is 7.75. The van der Waals surface area contributed by atoms with E-state index < -0.39 is 5.97 Å². The first-order valence-corrected chi connectivity index (χ1v) is 7.28. The van der Waals surface area contributed by atoms with Gasteiger partial charge in [-0.05, 0) is 48.0 Å². The van der Waals surface area contributed by atoms with Crippen LogP contribution in [0.25, 0.3) is 12.2 Å². The third kappa shape index (κ3) is 5.67. The van der Waals surface area contributed by atoms with E-state index in [1.165, 1.54) is 0 Å². The van der Waals surface area contributed by atoms with Crippen LogP contribution in [0.5, 0.6) is 0 Å². The van der Waals surface area contributed by atoms with E-state index in [9.17, 15) is 4.79 Å². The molecule has 0 fully saturated rings. The van der Waals surface area contributed by atoms with Crippen molar-refractivity contribution >= 4 is 42.1 Å². The summed E-state index contributed by atoms with van der Waals surface area (Å²) in [5.74, 6) is -1.09. The van der Waals surface area contributed by atoms with Crippen LogP contribution in [-0.4, -0.2) is 22.6 Å². The Morgan fingerprint density at radius 2 is 2.09 bits per heavy atom. The van der Waals surface area contributed by atoms with Crippen LogP contribution in [0.1, 0.15) is 29.2 Å². The minimum atomic E-state index is -0.865. The molecule has 1 atom stereocenters. The van der Waals surface area contributed by atoms with Gasteiger partial charge < -0.3 is 10.8 Å². The lowest BCUT2D eigenvalue weighted by Crippen LogP contribution is -2.16. The normalized spacial score (nSPS) is 11.9. The van der Waals surface area contributed by atoms with Gasteiger partial charge in [-0.25, -0.2) is 0 Å². The second-order valence-corrected chi connectivity index (χ2v) is 5.31. The van der Waals surface area contributed by atoms with E-state index >= 15 is 0 Å². The number of pyridine rings is 1. The number of aliphatic carboxylic acids is 1. The molecule has 0 spiro atoms. The van der Waals surface area contributed by atoms with Crippen molar-refractivity contribution in [3.8, 4) is 0 Å². The van der Waals surface area contributed by atoms with Crippen LogP contribution < -0.4 is 5.73 Å². The van der Waals surface area contributed by atoms with Gasteiger partial charge in [0.1, 0.15) is 0 Å². The van der Waals surface area contributed by atoms with Crippen molar-refractivity contribution in [2.45, 2.75) is 12.3 Å². The molecular weight excluding hydrogens is 335 g/mol. The van der Waals surface area contributed by atoms with Crippen molar-refractivity contribution in [3.05, 3.63) is 64.4 Å². The monoisotopic (exact) mass is 352 g/mol. The summed E-state index contributed by atoms with van der Waals surface area (Å²) in [6, 6.07) is 11.1. The van der Waals surface area contributed by atoms with Crippen molar-refractivity contribution < 1.29 is 9.90 Å². The van der Waals surface area contributed by atoms with Gasteiger partial charge in [-0.1, -0.05) is 29.8 Å². The van der Waals surface area contributed by atoms with Crippen LogP contribution in [0.2, 0.25) is 5.02 Å². The molecule has 1 aromatic carbocycles. The molecule has 0 amide bonds. The molecule has 0 aliphatic heterocycles. The van der Waals surface area contributed by atoms with Crippen molar-refractivity contribution in [1.82, 2.24) is 4.98 Å². The predicted octanol–water partition coefficient (Wildman–Crippen LogP) is 3.84. The van der Waals surface area contributed by atoms with Crippen LogP contribution in [0, 0.1) is 0 Å². The van der Waals surface area contributed by atoms with E-state index in [4.69, 9.17) is 22.4 Å². The summed E-state index contributed by atoms with van der Waals surface area (Å²) in [6.45, 7) is 0.275. The van der Waals surface area contributed by atoms with Crippen LogP contribution >= 0.6 is 24.0 Å². The Bertz CT molecular complexity index is 676. The Morgan fingerprint density at radius 1 is 1.30 bits per heavy atom. The molecule has 0 unspecified atom stereocenters. The highest BCUT2D eigenvalue weighted by molar-refractivity contribution is 6.32. The van der Waals surface area contributed by atoms with Crippen molar-refractivity contribution in [1.29, 1.82) is 0 Å². The highest BCUT2D eigenvalue weighted by Crippen LogP contribution is 2.26. The number of benzene rings is 1. The van der Waals surface area contributed by atoms with Gasteiger partial charge in [0.2, 0.25) is 0 Å². The molecule has 0 radical (unpaired) electrons. The number of hydrogen-bond acceptors (Lipinski definition) is 3. The van der Waals surface area contributed by atoms with E-state index in [1.807, 2.05) is 42.5 Å². The number of carboxylic acid groups (broad SMARTS) is 1. The Balaban J connectivity index is 0.00000264. The largest absolute Gasteiger partial charge is 0.481 e. The van der Waals surface area contributed by atoms with Crippen molar-refractivity contribution in [2.75, 3.05) is 6.54 Å². The maximum Gasteiger partial charge on any atom is 0.304 e. The number of rotatable bonds is 6. The molecule has 2 rings (SSSR count). The SMILES string of the molecule is Cl.NC[C@H](CC(=O)O)c1ccc(Cl)c(/C=C/c2ccccn2)c1. The highest BCUT2D eigenvalue weighted by atomic mass is 35.5. The van der Waals surface area contributed by atoms with E-state index in [-0.39, 0.29) is 31.3 Å². The lowest BCUT2D eigenvalue weighted by molar-refractivity contribution is -0.137. The van der Waals surface area contributed by atoms with E-state index in [1.54, 1.807) is 12.3 Å². The average Bonchev–Trinajstić information content (AvgIpc) is 2.53. The molecular formula is C17H18Cl2N2O2. The second kappa shape index (κ2) is 9.30. The molecule has 23 heavy (non-hydrogen) atoms. The standard InChI is InChI=1S/C17H17ClN2O2.ClH/c18-16-7-5-12(14(11-19)10-17(21)22)9-13(16)4-6-15-3-1-2-8-20-15;/h1-9,14H,10-11,19H2,(H,21,22);1H/b6-4+;/t14-;/m0./s1. The van der Waals surface area contributed by atoms with Gasteiger partial charge in [0.05, 0.1) is 12.1 Å². The maximum absolute atomic E-state index is 10.9. The molecule has 6 heteroatoms. The van der Waals surface area contributed by atoms with Crippen molar-refractivity contribution in [3.63, 3.8) is 0 Å². The summed E-state index contributed by atoms with van der Waals surface area (Å²) in [6.07, 6.45) is 5.44. The van der Waals surface area contributed by atoms with Gasteiger partial charge in [-0.3, -0.25) is 9.78 Å². The number of nitrogens with two attached hydrogens (primary N) is 1. The third-order valence-electron chi connectivity index (χ3n) is 3.32. The van der Waals surface area contributed by atoms with E-state index in [0.717, 1.165) is 16.8 Å². The average molecular weight is 353 g/mol. The molecule has 4 nitrogen and oxygen atoms in total. The number of nitrogens with zero attached hydrogens (tertiary/aromatic N) is 1. The van der Waals surface area contributed by atoms with Crippen LogP contribution in [-0.2, 0) is 4.79 Å². The fourth-order valence-electron chi connectivity index (χ4n) is 2.14. The topological polar surface area (TPSA) is 76.2 Å². The Morgan fingerprint density at radius 3 is 2.70 bits per heavy atom. The molecule has 1 aromatic heterocycles. The fraction of sp³-hybridized carbons (Fsp3) is 0.176. The quantitative estimate of drug-likeness (QED) is 0.827. The van der Waals surface area contributed by atoms with Crippen LogP contribution in [0.3, 0.4) is 0 Å². The first-order valence-electron chi connectivity index (χ1n) is 6.90. The van der Waals surface area contributed by atoms with E-state index in [2.05, 4.69) is 4.98 Å². The number of carbonyl (C=O) groups is 1. The molecule has 3 N–H and O–H groups in total. The van der Waals surface area contributed by atoms with Gasteiger partial charge >= 0.3 is 5.97 Å². The zero-order valence-electron chi connectivity index (χ0n) is 12.4. The number of halogens is 2. The zero-order valence-corrected chi connectivity index (χ0v) is 13.9. The fourth-order valence-corrected chi connectivity index (χ4v) is 2.32. The highest BCUT2D eigenvalue weighted by Gasteiger charge is 2.14. The minimum Gasteiger partial charge on any atom is -0.481 e. The van der Waals surface area contributed by atoms with Gasteiger partial charge in [0, 0.05) is 17.1 Å². The van der Waals surface area contributed by atoms with Gasteiger partial charge in [0.25, 0.3) is 0 Å². The number of aromatic nitrogens is 1. The Hall–Kier alpha value is -1.88. The molecule has 122 valence electrons. The van der Waals surface area contributed by atoms with Gasteiger partial charge in [-0.2, -0.15) is 0 Å². The summed E-state index contributed by atoms with van der Waals surface area (Å²) < 4.78 is 0. The summed E-state index contributed by atoms with van der Waals surface area (Å²) in [4.78, 5) is 15.1. The molecule has 0 aliphatic rings. The predicted molar refractivity (Wildman–Crippen MR) is 95.9 cm³/mol. The minimum absolute atomic E-state index is 0. The second-order valence-electron chi connectivity index (χ2n) is 4.90. The molecule has 0 bridgehead atoms. The summed E-state index contributed by atoms with van der Waals surface area (Å²) >= 11 is 6.20. The lowest BCUT2D eigenvalue weighted by Gasteiger charge is -2.14. The molecule has 0 saturated heterocycles. The molecule has 2 aromatic rings. The smallest absolute Gasteiger partial charge is 0.304 e. The van der Waals surface area contributed by atoms with Gasteiger partial charge in [0.15, 0.2) is 0 Å². The summed E-state index contributed by atoms with van der Waals surface area (Å²) in [5.41, 5.74) is 8.19. The third-order valence-corrected chi connectivity index (χ3v) is 3.66. The summed E-state index contributed by atoms with van der Waals surface area (Å²) in [7, 11) is 0. The zero-order chi connectivity index (χ0) is 15.9. The lowest BCUT2D eigenvalue weighted by atomic mass is 9.94. The van der Waals surface area contributed by atoms with Crippen LogP contribution in [0.4, 0.5) is 0 Å². The number of carboxylic acids is 1. The first kappa shape index (κ1) is 19.2. The van der Waals surface area contributed by atoms with Crippen LogP contribution in [0.15, 0.2) is 42.6 Å². The first-order chi connectivity index (χ1) is 10.6. The summed E-state index contributed by atoms with van der Waals surface area (Å²) in [5, 5.41) is 9.55.